The molecule has 2 nitrogen and oxygen atoms in total. The predicted octanol–water partition coefficient (Wildman–Crippen LogP) is 1.85. The topological polar surface area (TPSA) is 18.5 Å². The fourth-order valence-electron chi connectivity index (χ4n) is 2.32. The van der Waals surface area contributed by atoms with E-state index in [1.54, 1.807) is 0 Å². The molecule has 0 N–H and O–H groups in total. The molecule has 19 heavy (non-hydrogen) atoms. The molecule has 96 valence electrons. The molecule has 0 radical (unpaired) electrons. The Morgan fingerprint density at radius 2 is 1.05 bits per heavy atom. The molecule has 2 aromatic carbocycles. The van der Waals surface area contributed by atoms with E-state index in [4.69, 9.17) is 8.85 Å². The van der Waals surface area contributed by atoms with Gasteiger partial charge in [-0.25, -0.2) is 0 Å². The molecule has 0 atom stereocenters. The zero-order chi connectivity index (χ0) is 13.0. The number of rotatable bonds is 2. The van der Waals surface area contributed by atoms with Gasteiger partial charge in [0.25, 0.3) is 0 Å². The van der Waals surface area contributed by atoms with E-state index in [1.165, 1.54) is 0 Å². The molecule has 0 saturated heterocycles. The van der Waals surface area contributed by atoms with Gasteiger partial charge in [-0.15, -0.1) is 0 Å². The molecule has 0 saturated carbocycles. The first-order chi connectivity index (χ1) is 9.42. The largest absolute Gasteiger partial charge is 0.407 e. The third kappa shape index (κ3) is 2.40. The van der Waals surface area contributed by atoms with Crippen molar-refractivity contribution in [3.8, 4) is 0 Å². The summed E-state index contributed by atoms with van der Waals surface area (Å²) >= 11 is 0. The van der Waals surface area contributed by atoms with Crippen LogP contribution in [-0.4, -0.2) is 21.8 Å². The molecule has 3 rings (SSSR count). The minimum absolute atomic E-state index is 0.607. The maximum atomic E-state index is 6.19. The maximum Gasteiger partial charge on any atom is 0.407 e. The van der Waals surface area contributed by atoms with Crippen LogP contribution in [0, 0.1) is 0 Å². The third-order valence-corrected chi connectivity index (χ3v) is 6.57. The Kier molecular flexibility index (Phi) is 3.59. The van der Waals surface area contributed by atoms with Gasteiger partial charge in [-0.1, -0.05) is 72.8 Å². The maximum absolute atomic E-state index is 6.19. The van der Waals surface area contributed by atoms with Gasteiger partial charge in [-0.2, -0.15) is 0 Å². The van der Waals surface area contributed by atoms with E-state index in [0.29, 0.717) is 13.2 Å². The molecule has 1 aliphatic rings. The molecule has 0 amide bonds. The molecule has 1 heterocycles. The fourth-order valence-corrected chi connectivity index (χ4v) is 5.33. The van der Waals surface area contributed by atoms with Crippen LogP contribution in [-0.2, 0) is 8.85 Å². The van der Waals surface area contributed by atoms with E-state index in [1.807, 2.05) is 48.6 Å². The lowest BCUT2D eigenvalue weighted by Crippen LogP contribution is -2.63. The monoisotopic (exact) mass is 268 g/mol. The zero-order valence-electron chi connectivity index (χ0n) is 10.7. The van der Waals surface area contributed by atoms with Gasteiger partial charge in [-0.05, 0) is 10.4 Å². The number of hydrogen-bond acceptors (Lipinski definition) is 2. The summed E-state index contributed by atoms with van der Waals surface area (Å²) in [4.78, 5) is 0. The molecular weight excluding hydrogens is 252 g/mol. The van der Waals surface area contributed by atoms with Crippen molar-refractivity contribution in [2.75, 3.05) is 13.2 Å². The predicted molar refractivity (Wildman–Crippen MR) is 79.0 cm³/mol. The van der Waals surface area contributed by atoms with Crippen LogP contribution in [0.3, 0.4) is 0 Å². The van der Waals surface area contributed by atoms with Crippen LogP contribution in [0.2, 0.25) is 0 Å². The van der Waals surface area contributed by atoms with Crippen LogP contribution in [0.25, 0.3) is 0 Å². The Morgan fingerprint density at radius 3 is 1.47 bits per heavy atom. The van der Waals surface area contributed by atoms with Crippen LogP contribution in [0.15, 0.2) is 72.8 Å². The summed E-state index contributed by atoms with van der Waals surface area (Å²) in [5.74, 6) is 0. The van der Waals surface area contributed by atoms with E-state index in [2.05, 4.69) is 24.3 Å². The minimum atomic E-state index is -2.55. The molecule has 0 unspecified atom stereocenters. The standard InChI is InChI=1S/C16H16O2Si/c1-3-9-15(10-4-1)19(16-11-5-2-6-12-16)17-13-7-8-14-18-19/h1-12H,13-14H2. The van der Waals surface area contributed by atoms with Crippen LogP contribution in [0.1, 0.15) is 0 Å². The van der Waals surface area contributed by atoms with Crippen LogP contribution in [0.5, 0.6) is 0 Å². The van der Waals surface area contributed by atoms with Gasteiger partial charge in [0.15, 0.2) is 0 Å². The fraction of sp³-hybridized carbons (Fsp3) is 0.125. The molecule has 0 aliphatic carbocycles. The highest BCUT2D eigenvalue weighted by Crippen LogP contribution is 2.12. The second-order valence-corrected chi connectivity index (χ2v) is 7.41. The van der Waals surface area contributed by atoms with Crippen LogP contribution in [0.4, 0.5) is 0 Å². The second-order valence-electron chi connectivity index (χ2n) is 4.44. The van der Waals surface area contributed by atoms with Crippen molar-refractivity contribution in [2.24, 2.45) is 0 Å². The highest BCUT2D eigenvalue weighted by Gasteiger charge is 2.42. The summed E-state index contributed by atoms with van der Waals surface area (Å²) < 4.78 is 12.4. The summed E-state index contributed by atoms with van der Waals surface area (Å²) in [6.07, 6.45) is 4.06. The highest BCUT2D eigenvalue weighted by atomic mass is 28.4. The Bertz CT molecular complexity index is 500. The van der Waals surface area contributed by atoms with E-state index >= 15 is 0 Å². The molecule has 1 aliphatic heterocycles. The lowest BCUT2D eigenvalue weighted by Gasteiger charge is -2.29. The summed E-state index contributed by atoms with van der Waals surface area (Å²) in [5.41, 5.74) is 0. The van der Waals surface area contributed by atoms with E-state index in [9.17, 15) is 0 Å². The van der Waals surface area contributed by atoms with E-state index in [-0.39, 0.29) is 0 Å². The first kappa shape index (κ1) is 12.4. The van der Waals surface area contributed by atoms with Gasteiger partial charge >= 0.3 is 8.56 Å². The smallest absolute Gasteiger partial charge is 0.384 e. The van der Waals surface area contributed by atoms with Gasteiger partial charge in [0, 0.05) is 0 Å². The molecule has 0 aromatic heterocycles. The lowest BCUT2D eigenvalue weighted by atomic mass is 10.4. The van der Waals surface area contributed by atoms with Crippen molar-refractivity contribution in [3.05, 3.63) is 72.8 Å². The summed E-state index contributed by atoms with van der Waals surface area (Å²) in [6.45, 7) is 1.21. The molecular formula is C16H16O2Si. The average Bonchev–Trinajstić information content (AvgIpc) is 2.76. The average molecular weight is 268 g/mol. The van der Waals surface area contributed by atoms with Crippen LogP contribution >= 0.6 is 0 Å². The summed E-state index contributed by atoms with van der Waals surface area (Å²) in [6, 6.07) is 20.6. The Morgan fingerprint density at radius 1 is 0.632 bits per heavy atom. The zero-order valence-corrected chi connectivity index (χ0v) is 11.7. The summed E-state index contributed by atoms with van der Waals surface area (Å²) in [5, 5.41) is 2.31. The van der Waals surface area contributed by atoms with Gasteiger partial charge in [0.05, 0.1) is 13.2 Å². The van der Waals surface area contributed by atoms with Gasteiger partial charge in [-0.3, -0.25) is 0 Å². The van der Waals surface area contributed by atoms with Gasteiger partial charge in [0.1, 0.15) is 0 Å². The molecule has 0 fully saturated rings. The highest BCUT2D eigenvalue weighted by molar-refractivity contribution is 6.92. The Balaban J connectivity index is 2.10. The first-order valence-electron chi connectivity index (χ1n) is 6.46. The SMILES string of the molecule is C1=CCO[Si](c2ccccc2)(c2ccccc2)OC1. The number of hydrogen-bond donors (Lipinski definition) is 0. The van der Waals surface area contributed by atoms with E-state index < -0.39 is 8.56 Å². The van der Waals surface area contributed by atoms with Crippen molar-refractivity contribution in [1.29, 1.82) is 0 Å². The Labute approximate surface area is 114 Å². The molecule has 3 heteroatoms. The van der Waals surface area contributed by atoms with Crippen molar-refractivity contribution in [1.82, 2.24) is 0 Å². The normalized spacial score (nSPS) is 17.9. The van der Waals surface area contributed by atoms with Gasteiger partial charge in [0.2, 0.25) is 0 Å². The lowest BCUT2D eigenvalue weighted by molar-refractivity contribution is 0.238. The van der Waals surface area contributed by atoms with Crippen LogP contribution < -0.4 is 10.4 Å². The minimum Gasteiger partial charge on any atom is -0.384 e. The quantitative estimate of drug-likeness (QED) is 0.611. The van der Waals surface area contributed by atoms with Crippen molar-refractivity contribution < 1.29 is 8.85 Å². The number of benzene rings is 2. The molecule has 0 spiro atoms. The first-order valence-corrected chi connectivity index (χ1v) is 8.27. The molecule has 2 aromatic rings. The third-order valence-electron chi connectivity index (χ3n) is 3.24. The van der Waals surface area contributed by atoms with Crippen molar-refractivity contribution in [2.45, 2.75) is 0 Å². The van der Waals surface area contributed by atoms with E-state index in [0.717, 1.165) is 10.4 Å². The second kappa shape index (κ2) is 5.53. The van der Waals surface area contributed by atoms with Crippen molar-refractivity contribution >= 4 is 18.9 Å². The Hall–Kier alpha value is -1.68. The summed E-state index contributed by atoms with van der Waals surface area (Å²) in [7, 11) is -2.55. The molecule has 0 bridgehead atoms. The van der Waals surface area contributed by atoms with Crippen molar-refractivity contribution in [3.63, 3.8) is 0 Å². The van der Waals surface area contributed by atoms with Gasteiger partial charge < -0.3 is 8.85 Å².